The monoisotopic (exact) mass is 1210 g/mol. The summed E-state index contributed by atoms with van der Waals surface area (Å²) in [5.41, 5.74) is 4.81. The van der Waals surface area contributed by atoms with Crippen molar-refractivity contribution < 1.29 is 65.3 Å². The minimum absolute atomic E-state index is 0.365. The van der Waals surface area contributed by atoms with Gasteiger partial charge in [0.05, 0.1) is 37.6 Å². The second-order valence-corrected chi connectivity index (χ2v) is 35.4. The Balaban J connectivity index is 0.803. The number of unbranched alkanes of at least 4 members (excludes halogenated alkanes) is 6. The lowest BCUT2D eigenvalue weighted by Gasteiger charge is -2.39. The lowest BCUT2D eigenvalue weighted by Crippen LogP contribution is -2.52. The summed E-state index contributed by atoms with van der Waals surface area (Å²) in [6, 6.07) is 45.9. The van der Waals surface area contributed by atoms with Crippen LogP contribution < -0.4 is 28.4 Å². The van der Waals surface area contributed by atoms with Gasteiger partial charge in [0.25, 0.3) is 0 Å². The van der Waals surface area contributed by atoms with Crippen LogP contribution in [0.3, 0.4) is 0 Å². The molecule has 0 saturated heterocycles. The summed E-state index contributed by atoms with van der Waals surface area (Å²) in [5, 5.41) is 0. The molecule has 6 aromatic carbocycles. The van der Waals surface area contributed by atoms with Crippen LogP contribution in [0.5, 0.6) is 34.5 Å². The van der Waals surface area contributed by atoms with E-state index in [9.17, 15) is 19.2 Å². The third-order valence-corrected chi connectivity index (χ3v) is 25.4. The van der Waals surface area contributed by atoms with Crippen LogP contribution >= 0.6 is 0 Å². The zero-order chi connectivity index (χ0) is 61.2. The van der Waals surface area contributed by atoms with E-state index >= 15 is 0 Å². The molecule has 456 valence electrons. The predicted molar refractivity (Wildman–Crippen MR) is 341 cm³/mol. The molecule has 0 aliphatic heterocycles. The summed E-state index contributed by atoms with van der Waals surface area (Å²) < 4.78 is 59.0. The third kappa shape index (κ3) is 23.7. The molecular weight excluding hydrogens is 1120 g/mol. The molecule has 0 radical (unpaired) electrons. The van der Waals surface area contributed by atoms with Gasteiger partial charge in [-0.1, -0.05) is 101 Å². The second-order valence-electron chi connectivity index (χ2n) is 22.9. The fourth-order valence-corrected chi connectivity index (χ4v) is 23.7. The predicted octanol–water partition coefficient (Wildman–Crippen LogP) is 16.6. The molecule has 85 heavy (non-hydrogen) atoms. The summed E-state index contributed by atoms with van der Waals surface area (Å²) in [4.78, 5) is 50.1. The summed E-state index contributed by atoms with van der Waals surface area (Å²) in [6.45, 7) is 23.1. The van der Waals surface area contributed by atoms with E-state index in [-0.39, 0.29) is 0 Å². The maximum Gasteiger partial charge on any atom is 0.347 e. The molecule has 2 atom stereocenters. The maximum atomic E-state index is 12.9. The number of carbonyl (C=O) groups is 4. The van der Waals surface area contributed by atoms with Gasteiger partial charge in [0.15, 0.2) is 28.8 Å². The Morgan fingerprint density at radius 3 is 1.00 bits per heavy atom. The molecule has 0 N–H and O–H groups in total. The van der Waals surface area contributed by atoms with Crippen LogP contribution in [-0.2, 0) is 27.3 Å². The van der Waals surface area contributed by atoms with Crippen LogP contribution in [0.2, 0.25) is 51.4 Å². The molecule has 0 aromatic heterocycles. The molecule has 6 rings (SSSR count). The molecule has 6 aromatic rings. The number of hydrogen-bond donors (Lipinski definition) is 0. The number of benzene rings is 6. The van der Waals surface area contributed by atoms with Gasteiger partial charge in [0.2, 0.25) is 0 Å². The topological polar surface area (TPSA) is 161 Å². The average Bonchev–Trinajstić information content (AvgIpc) is 3.66. The molecule has 0 aliphatic rings. The van der Waals surface area contributed by atoms with E-state index in [1.807, 2.05) is 86.6 Å². The van der Waals surface area contributed by atoms with Crippen LogP contribution in [0.1, 0.15) is 113 Å². The van der Waals surface area contributed by atoms with Crippen molar-refractivity contribution in [2.24, 2.45) is 0 Å². The van der Waals surface area contributed by atoms with Gasteiger partial charge >= 0.3 is 32.4 Å². The van der Waals surface area contributed by atoms with Gasteiger partial charge in [-0.25, -0.2) is 19.2 Å². The summed E-state index contributed by atoms with van der Waals surface area (Å²) in [5.74, 6) is 1.53. The van der Waals surface area contributed by atoms with E-state index in [4.69, 9.17) is 46.1 Å². The van der Waals surface area contributed by atoms with Crippen LogP contribution in [0.25, 0.3) is 22.3 Å². The summed E-state index contributed by atoms with van der Waals surface area (Å²) in [6.07, 6.45) is 8.22. The molecule has 0 saturated carbocycles. The molecule has 0 spiro atoms. The molecule has 14 nitrogen and oxygen atoms in total. The van der Waals surface area contributed by atoms with Crippen molar-refractivity contribution in [2.45, 2.75) is 155 Å². The number of rotatable bonds is 36. The van der Waals surface area contributed by atoms with Crippen LogP contribution in [0.15, 0.2) is 146 Å². The van der Waals surface area contributed by atoms with Crippen LogP contribution in [0.4, 0.5) is 0 Å². The minimum Gasteiger partial charge on any atom is -0.494 e. The Morgan fingerprint density at radius 1 is 0.365 bits per heavy atom. The zero-order valence-corrected chi connectivity index (χ0v) is 54.5. The first-order valence-corrected chi connectivity index (χ1v) is 39.1. The van der Waals surface area contributed by atoms with Crippen LogP contribution in [0, 0.1) is 0 Å². The van der Waals surface area contributed by atoms with Gasteiger partial charge in [0, 0.05) is 0 Å². The Kier molecular flexibility index (Phi) is 26.5. The highest BCUT2D eigenvalue weighted by Crippen LogP contribution is 2.30. The van der Waals surface area contributed by atoms with E-state index in [0.29, 0.717) is 60.6 Å². The van der Waals surface area contributed by atoms with Crippen molar-refractivity contribution in [1.82, 2.24) is 0 Å². The third-order valence-electron chi connectivity index (χ3n) is 13.9. The Hall–Kier alpha value is -7.03. The van der Waals surface area contributed by atoms with Gasteiger partial charge in [-0.15, -0.1) is 0 Å². The Morgan fingerprint density at radius 2 is 0.671 bits per heavy atom. The molecule has 17 heteroatoms. The van der Waals surface area contributed by atoms with Crippen LogP contribution in [-0.4, -0.2) is 87.7 Å². The molecule has 0 fully saturated rings. The maximum absolute atomic E-state index is 12.9. The van der Waals surface area contributed by atoms with Crippen molar-refractivity contribution >= 4 is 49.1 Å². The molecule has 0 aliphatic carbocycles. The van der Waals surface area contributed by atoms with Crippen molar-refractivity contribution in [3.8, 4) is 56.8 Å². The normalized spacial score (nSPS) is 12.4. The van der Waals surface area contributed by atoms with E-state index in [0.717, 1.165) is 110 Å². The highest BCUT2D eigenvalue weighted by atomic mass is 28.5. The van der Waals surface area contributed by atoms with E-state index in [2.05, 4.69) is 39.3 Å². The lowest BCUT2D eigenvalue weighted by molar-refractivity contribution is -0.151. The van der Waals surface area contributed by atoms with Crippen molar-refractivity contribution in [3.63, 3.8) is 0 Å². The second kappa shape index (κ2) is 33.6. The van der Waals surface area contributed by atoms with E-state index in [1.165, 1.54) is 0 Å². The number of hydrogen-bond acceptors (Lipinski definition) is 14. The highest BCUT2D eigenvalue weighted by molar-refractivity contribution is 6.87. The van der Waals surface area contributed by atoms with Gasteiger partial charge < -0.3 is 46.1 Å². The minimum atomic E-state index is -2.33. The first kappa shape index (κ1) is 67.1. The van der Waals surface area contributed by atoms with E-state index < -0.39 is 61.3 Å². The molecule has 0 unspecified atom stereocenters. The summed E-state index contributed by atoms with van der Waals surface area (Å²) >= 11 is 0. The van der Waals surface area contributed by atoms with Gasteiger partial charge in [-0.05, 0) is 210 Å². The molecule has 0 bridgehead atoms. The fourth-order valence-electron chi connectivity index (χ4n) is 9.46. The van der Waals surface area contributed by atoms with Gasteiger partial charge in [0.1, 0.15) is 34.5 Å². The number of carbonyl (C=O) groups excluding carboxylic acids is 4. The molecule has 0 amide bonds. The Bertz CT molecular complexity index is 2780. The quantitative estimate of drug-likeness (QED) is 0.0158. The standard InChI is InChI=1S/C68H88O14Si3/c1-11-13-45-75-65(69)51(3)77-61-37-41-63(42-38-61)79-67(71)57-25-21-53(22-26-57)55-29-33-59(34-30-55)73-47-17-15-19-49-83(5,6)81-85(9,10)82-84(7,8)50-20-16-18-48-74-60-35-31-56(32-36-60)54-23-27-58(28-24-54)68(72)80-64-43-39-62(40-44-64)78-52(4)66(70)76-46-14-12-2/h21-44,51-52H,11-20,45-50H2,1-10H3/t51-,52-/m1/s1. The van der Waals surface area contributed by atoms with Gasteiger partial charge in [-0.2, -0.15) is 0 Å². The lowest BCUT2D eigenvalue weighted by atomic mass is 10.0. The smallest absolute Gasteiger partial charge is 0.347 e. The first-order valence-electron chi connectivity index (χ1n) is 30.1. The average molecular weight is 1210 g/mol. The fraction of sp³-hybridized carbons (Fsp3) is 0.412. The number of ether oxygens (including phenoxy) is 8. The Labute approximate surface area is 507 Å². The van der Waals surface area contributed by atoms with Crippen molar-refractivity contribution in [2.75, 3.05) is 26.4 Å². The number of esters is 4. The highest BCUT2D eigenvalue weighted by Gasteiger charge is 2.39. The van der Waals surface area contributed by atoms with Crippen molar-refractivity contribution in [3.05, 3.63) is 157 Å². The summed E-state index contributed by atoms with van der Waals surface area (Å²) in [7, 11) is -6.22. The SMILES string of the molecule is CCCCOC(=O)[C@@H](C)Oc1ccc(OC(=O)c2ccc(-c3ccc(OCCCCC[Si](C)(C)O[Si](C)(C)O[Si](C)(C)CCCCCOc4ccc(-c5ccc(C(=O)Oc6ccc(O[C@H](C)C(=O)OCCCC)cc6)cc5)cc4)cc3)cc2)cc1. The molecular formula is C68H88O14Si3. The van der Waals surface area contributed by atoms with E-state index in [1.54, 1.807) is 86.6 Å². The van der Waals surface area contributed by atoms with Crippen molar-refractivity contribution in [1.29, 1.82) is 0 Å². The van der Waals surface area contributed by atoms with Gasteiger partial charge in [-0.3, -0.25) is 0 Å². The molecule has 0 heterocycles. The zero-order valence-electron chi connectivity index (χ0n) is 51.5. The largest absolute Gasteiger partial charge is 0.494 e. The first-order chi connectivity index (χ1) is 40.7.